The van der Waals surface area contributed by atoms with Crippen LogP contribution < -0.4 is 5.32 Å². The lowest BCUT2D eigenvalue weighted by molar-refractivity contribution is 0.00841. The lowest BCUT2D eigenvalue weighted by atomic mass is 10.00. The Morgan fingerprint density at radius 3 is 2.69 bits per heavy atom. The molecule has 0 radical (unpaired) electrons. The van der Waals surface area contributed by atoms with Crippen LogP contribution >= 0.6 is 0 Å². The highest BCUT2D eigenvalue weighted by molar-refractivity contribution is 5.06. The Morgan fingerprint density at radius 2 is 2.19 bits per heavy atom. The number of nitrogens with zero attached hydrogens (tertiary/aromatic N) is 1. The van der Waals surface area contributed by atoms with Gasteiger partial charge in [0.25, 0.3) is 0 Å². The minimum Gasteiger partial charge on any atom is -0.379 e. The molecular formula is C13H24N2O. The fourth-order valence-corrected chi connectivity index (χ4v) is 1.85. The van der Waals surface area contributed by atoms with Crippen molar-refractivity contribution in [1.29, 1.82) is 0 Å². The highest BCUT2D eigenvalue weighted by Crippen LogP contribution is 2.15. The SMILES string of the molecule is COC(C)(C)CC(C)NCc1cccn1C. The van der Waals surface area contributed by atoms with Crippen LogP contribution in [0.2, 0.25) is 0 Å². The van der Waals surface area contributed by atoms with Crippen molar-refractivity contribution in [2.75, 3.05) is 7.11 Å². The van der Waals surface area contributed by atoms with Crippen molar-refractivity contribution in [3.8, 4) is 0 Å². The molecule has 1 atom stereocenters. The van der Waals surface area contributed by atoms with Crippen LogP contribution in [0.3, 0.4) is 0 Å². The molecular weight excluding hydrogens is 200 g/mol. The van der Waals surface area contributed by atoms with Crippen molar-refractivity contribution in [2.45, 2.75) is 45.4 Å². The molecule has 0 amide bonds. The Labute approximate surface area is 98.8 Å². The first kappa shape index (κ1) is 13.3. The Hall–Kier alpha value is -0.800. The summed E-state index contributed by atoms with van der Waals surface area (Å²) in [5.41, 5.74) is 1.25. The molecule has 0 bridgehead atoms. The largest absolute Gasteiger partial charge is 0.379 e. The van der Waals surface area contributed by atoms with Crippen LogP contribution in [0, 0.1) is 0 Å². The molecule has 0 saturated heterocycles. The number of methoxy groups -OCH3 is 1. The van der Waals surface area contributed by atoms with Crippen LogP contribution in [-0.2, 0) is 18.3 Å². The van der Waals surface area contributed by atoms with Crippen molar-refractivity contribution in [3.63, 3.8) is 0 Å². The lowest BCUT2D eigenvalue weighted by Crippen LogP contribution is -2.35. The molecule has 1 rings (SSSR count). The molecule has 1 heterocycles. The summed E-state index contributed by atoms with van der Waals surface area (Å²) in [7, 11) is 3.84. The van der Waals surface area contributed by atoms with Gasteiger partial charge in [0.05, 0.1) is 5.60 Å². The maximum atomic E-state index is 5.42. The summed E-state index contributed by atoms with van der Waals surface area (Å²) in [6.07, 6.45) is 3.08. The normalized spacial score (nSPS) is 14.1. The van der Waals surface area contributed by atoms with Gasteiger partial charge in [0.2, 0.25) is 0 Å². The first-order valence-electron chi connectivity index (χ1n) is 5.83. The van der Waals surface area contributed by atoms with E-state index in [0.29, 0.717) is 6.04 Å². The zero-order chi connectivity index (χ0) is 12.2. The molecule has 1 aromatic rings. The molecule has 0 saturated carbocycles. The maximum Gasteiger partial charge on any atom is 0.0637 e. The first-order chi connectivity index (χ1) is 7.44. The highest BCUT2D eigenvalue weighted by atomic mass is 16.5. The van der Waals surface area contributed by atoms with E-state index in [4.69, 9.17) is 4.74 Å². The smallest absolute Gasteiger partial charge is 0.0637 e. The summed E-state index contributed by atoms with van der Waals surface area (Å²) in [6, 6.07) is 4.66. The van der Waals surface area contributed by atoms with Crippen molar-refractivity contribution in [3.05, 3.63) is 24.0 Å². The van der Waals surface area contributed by atoms with Gasteiger partial charge in [-0.05, 0) is 39.3 Å². The number of hydrogen-bond donors (Lipinski definition) is 1. The van der Waals surface area contributed by atoms with Crippen molar-refractivity contribution in [2.24, 2.45) is 7.05 Å². The monoisotopic (exact) mass is 224 g/mol. The van der Waals surface area contributed by atoms with Gasteiger partial charge in [0.1, 0.15) is 0 Å². The summed E-state index contributed by atoms with van der Waals surface area (Å²) in [4.78, 5) is 0. The van der Waals surface area contributed by atoms with E-state index in [0.717, 1.165) is 13.0 Å². The lowest BCUT2D eigenvalue weighted by Gasteiger charge is -2.27. The van der Waals surface area contributed by atoms with Gasteiger partial charge >= 0.3 is 0 Å². The zero-order valence-electron chi connectivity index (χ0n) is 11.1. The van der Waals surface area contributed by atoms with E-state index < -0.39 is 0 Å². The van der Waals surface area contributed by atoms with Gasteiger partial charge in [0, 0.05) is 38.6 Å². The van der Waals surface area contributed by atoms with Gasteiger partial charge in [0.15, 0.2) is 0 Å². The van der Waals surface area contributed by atoms with Crippen LogP contribution in [-0.4, -0.2) is 23.3 Å². The molecule has 16 heavy (non-hydrogen) atoms. The predicted molar refractivity (Wildman–Crippen MR) is 67.4 cm³/mol. The summed E-state index contributed by atoms with van der Waals surface area (Å²) in [5, 5.41) is 3.52. The summed E-state index contributed by atoms with van der Waals surface area (Å²) < 4.78 is 7.56. The quantitative estimate of drug-likeness (QED) is 0.802. The van der Waals surface area contributed by atoms with Gasteiger partial charge < -0.3 is 14.6 Å². The van der Waals surface area contributed by atoms with E-state index in [1.165, 1.54) is 5.69 Å². The van der Waals surface area contributed by atoms with Crippen LogP contribution in [0.25, 0.3) is 0 Å². The van der Waals surface area contributed by atoms with E-state index in [1.807, 2.05) is 0 Å². The Kier molecular flexibility index (Phi) is 4.56. The molecule has 3 heteroatoms. The molecule has 0 aliphatic heterocycles. The van der Waals surface area contributed by atoms with Crippen LogP contribution in [0.1, 0.15) is 32.9 Å². The molecule has 0 aliphatic carbocycles. The molecule has 0 fully saturated rings. The third-order valence-corrected chi connectivity index (χ3v) is 3.03. The highest BCUT2D eigenvalue weighted by Gasteiger charge is 2.19. The predicted octanol–water partition coefficient (Wildman–Crippen LogP) is 2.32. The second kappa shape index (κ2) is 5.51. The average Bonchev–Trinajstić information content (AvgIpc) is 2.60. The van der Waals surface area contributed by atoms with Crippen molar-refractivity contribution in [1.82, 2.24) is 9.88 Å². The van der Waals surface area contributed by atoms with Gasteiger partial charge in [-0.2, -0.15) is 0 Å². The van der Waals surface area contributed by atoms with Gasteiger partial charge in [-0.3, -0.25) is 0 Å². The van der Waals surface area contributed by atoms with Crippen molar-refractivity contribution < 1.29 is 4.74 Å². The Balaban J connectivity index is 2.36. The third-order valence-electron chi connectivity index (χ3n) is 3.03. The Morgan fingerprint density at radius 1 is 1.50 bits per heavy atom. The van der Waals surface area contributed by atoms with Crippen LogP contribution in [0.5, 0.6) is 0 Å². The summed E-state index contributed by atoms with van der Waals surface area (Å²) in [6.45, 7) is 7.34. The maximum absolute atomic E-state index is 5.42. The number of aryl methyl sites for hydroxylation is 1. The van der Waals surface area contributed by atoms with Crippen LogP contribution in [0.15, 0.2) is 18.3 Å². The number of hydrogen-bond acceptors (Lipinski definition) is 2. The average molecular weight is 224 g/mol. The van der Waals surface area contributed by atoms with Gasteiger partial charge in [-0.25, -0.2) is 0 Å². The van der Waals surface area contributed by atoms with E-state index >= 15 is 0 Å². The number of rotatable bonds is 6. The standard InChI is InChI=1S/C13H24N2O/c1-11(9-13(2,3)16-5)14-10-12-7-6-8-15(12)4/h6-8,11,14H,9-10H2,1-5H3. The van der Waals surface area contributed by atoms with E-state index in [1.54, 1.807) is 7.11 Å². The molecule has 3 nitrogen and oxygen atoms in total. The van der Waals surface area contributed by atoms with Gasteiger partial charge in [-0.15, -0.1) is 0 Å². The zero-order valence-corrected chi connectivity index (χ0v) is 11.1. The number of nitrogens with one attached hydrogen (secondary N) is 1. The molecule has 1 unspecified atom stereocenters. The van der Waals surface area contributed by atoms with E-state index in [2.05, 4.69) is 56.0 Å². The second-order valence-corrected chi connectivity index (χ2v) is 5.06. The Bertz CT molecular complexity index is 317. The minimum absolute atomic E-state index is 0.0549. The van der Waals surface area contributed by atoms with Gasteiger partial charge in [-0.1, -0.05) is 0 Å². The molecule has 0 aliphatic rings. The van der Waals surface area contributed by atoms with E-state index in [-0.39, 0.29) is 5.60 Å². The van der Waals surface area contributed by atoms with Crippen LogP contribution in [0.4, 0.5) is 0 Å². The molecule has 1 aromatic heterocycles. The fourth-order valence-electron chi connectivity index (χ4n) is 1.85. The fraction of sp³-hybridized carbons (Fsp3) is 0.692. The molecule has 92 valence electrons. The van der Waals surface area contributed by atoms with Crippen molar-refractivity contribution >= 4 is 0 Å². The minimum atomic E-state index is -0.0549. The molecule has 0 spiro atoms. The summed E-state index contributed by atoms with van der Waals surface area (Å²) in [5.74, 6) is 0. The number of ether oxygens (including phenoxy) is 1. The molecule has 1 N–H and O–H groups in total. The van der Waals surface area contributed by atoms with E-state index in [9.17, 15) is 0 Å². The topological polar surface area (TPSA) is 26.2 Å². The second-order valence-electron chi connectivity index (χ2n) is 5.06. The third kappa shape index (κ3) is 3.99. The first-order valence-corrected chi connectivity index (χ1v) is 5.83. The number of aromatic nitrogens is 1. The molecule has 0 aromatic carbocycles. The summed E-state index contributed by atoms with van der Waals surface area (Å²) >= 11 is 0.